The van der Waals surface area contributed by atoms with Gasteiger partial charge in [-0.05, 0) is 19.3 Å². The van der Waals surface area contributed by atoms with Gasteiger partial charge in [0.1, 0.15) is 6.10 Å². The fraction of sp³-hybridized carbons (Fsp3) is 0.600. The maximum atomic E-state index is 12.8. The second kappa shape index (κ2) is 5.40. The number of amides is 1. The Morgan fingerprint density at radius 2 is 2.45 bits per heavy atom. The van der Waals surface area contributed by atoms with Gasteiger partial charge in [-0.3, -0.25) is 9.89 Å². The minimum atomic E-state index is -0.243. The van der Waals surface area contributed by atoms with Crippen molar-refractivity contribution in [3.05, 3.63) is 30.1 Å². The minimum absolute atomic E-state index is 0.0609. The van der Waals surface area contributed by atoms with Crippen molar-refractivity contribution in [1.82, 2.24) is 15.1 Å². The first kappa shape index (κ1) is 13.4. The molecule has 1 fully saturated rings. The van der Waals surface area contributed by atoms with E-state index in [1.165, 1.54) is 0 Å². The summed E-state index contributed by atoms with van der Waals surface area (Å²) in [7, 11) is 0. The largest absolute Gasteiger partial charge is 0.370 e. The number of aromatic nitrogens is 2. The molecule has 2 aliphatic rings. The molecule has 2 unspecified atom stereocenters. The van der Waals surface area contributed by atoms with Crippen molar-refractivity contribution in [1.29, 1.82) is 0 Å². The number of carbonyl (C=O) groups is 1. The highest BCUT2D eigenvalue weighted by atomic mass is 16.5. The summed E-state index contributed by atoms with van der Waals surface area (Å²) in [6.07, 6.45) is 10.6. The normalized spacial score (nSPS) is 30.4. The molecule has 1 aliphatic carbocycles. The summed E-state index contributed by atoms with van der Waals surface area (Å²) in [6, 6.07) is 0. The summed E-state index contributed by atoms with van der Waals surface area (Å²) in [4.78, 5) is 14.8. The van der Waals surface area contributed by atoms with Crippen molar-refractivity contribution in [2.45, 2.75) is 32.3 Å². The molecule has 108 valence electrons. The average Bonchev–Trinajstić information content (AvgIpc) is 3.02. The van der Waals surface area contributed by atoms with Crippen molar-refractivity contribution in [3.8, 4) is 0 Å². The Morgan fingerprint density at radius 3 is 3.15 bits per heavy atom. The van der Waals surface area contributed by atoms with E-state index in [4.69, 9.17) is 4.74 Å². The second-order valence-electron chi connectivity index (χ2n) is 5.92. The van der Waals surface area contributed by atoms with Crippen LogP contribution in [0.3, 0.4) is 0 Å². The van der Waals surface area contributed by atoms with E-state index >= 15 is 0 Å². The Balaban J connectivity index is 1.70. The number of H-pyrrole nitrogens is 1. The summed E-state index contributed by atoms with van der Waals surface area (Å²) in [5, 5.41) is 6.75. The molecular formula is C15H21N3O2. The number of allylic oxidation sites excluding steroid dienone is 2. The molecule has 3 rings (SSSR count). The number of nitrogens with zero attached hydrogens (tertiary/aromatic N) is 2. The number of nitrogens with one attached hydrogen (secondary N) is 1. The Bertz CT molecular complexity index is 497. The van der Waals surface area contributed by atoms with E-state index in [2.05, 4.69) is 29.3 Å². The summed E-state index contributed by atoms with van der Waals surface area (Å²) in [6.45, 7) is 3.98. The maximum absolute atomic E-state index is 12.8. The van der Waals surface area contributed by atoms with E-state index in [-0.39, 0.29) is 17.4 Å². The quantitative estimate of drug-likeness (QED) is 0.840. The SMILES string of the molecule is CC1(C(=O)N2CCOC(c3cn[nH]c3)C2)CC=CCC1. The lowest BCUT2D eigenvalue weighted by atomic mass is 9.77. The van der Waals surface area contributed by atoms with E-state index < -0.39 is 0 Å². The van der Waals surface area contributed by atoms with Gasteiger partial charge in [-0.1, -0.05) is 19.1 Å². The third kappa shape index (κ3) is 2.50. The predicted octanol–water partition coefficient (Wildman–Crippen LogP) is 2.06. The molecule has 2 atom stereocenters. The van der Waals surface area contributed by atoms with Crippen LogP contribution < -0.4 is 0 Å². The molecule has 1 aromatic rings. The van der Waals surface area contributed by atoms with E-state index in [0.717, 1.165) is 24.8 Å². The fourth-order valence-corrected chi connectivity index (χ4v) is 3.01. The lowest BCUT2D eigenvalue weighted by molar-refractivity contribution is -0.149. The second-order valence-corrected chi connectivity index (χ2v) is 5.92. The number of carbonyl (C=O) groups excluding carboxylic acids is 1. The Kier molecular flexibility index (Phi) is 3.61. The summed E-state index contributed by atoms with van der Waals surface area (Å²) in [5.41, 5.74) is 0.767. The molecule has 1 saturated heterocycles. The number of hydrogen-bond acceptors (Lipinski definition) is 3. The van der Waals surface area contributed by atoms with Crippen LogP contribution in [0.25, 0.3) is 0 Å². The monoisotopic (exact) mass is 275 g/mol. The molecule has 0 spiro atoms. The van der Waals surface area contributed by atoms with Gasteiger partial charge >= 0.3 is 0 Å². The van der Waals surface area contributed by atoms with Crippen LogP contribution >= 0.6 is 0 Å². The third-order valence-corrected chi connectivity index (χ3v) is 4.36. The fourth-order valence-electron chi connectivity index (χ4n) is 3.01. The van der Waals surface area contributed by atoms with Crippen LogP contribution in [0.15, 0.2) is 24.5 Å². The van der Waals surface area contributed by atoms with Crippen LogP contribution in [0.5, 0.6) is 0 Å². The average molecular weight is 275 g/mol. The van der Waals surface area contributed by atoms with E-state index in [9.17, 15) is 4.79 Å². The first-order valence-electron chi connectivity index (χ1n) is 7.24. The first-order chi connectivity index (χ1) is 9.69. The number of ether oxygens (including phenoxy) is 1. The van der Waals surface area contributed by atoms with Gasteiger partial charge in [0.25, 0.3) is 0 Å². The highest BCUT2D eigenvalue weighted by molar-refractivity contribution is 5.83. The zero-order valence-electron chi connectivity index (χ0n) is 11.8. The maximum Gasteiger partial charge on any atom is 0.229 e. The Hall–Kier alpha value is -1.62. The van der Waals surface area contributed by atoms with E-state index in [1.54, 1.807) is 6.20 Å². The van der Waals surface area contributed by atoms with Crippen molar-refractivity contribution in [2.24, 2.45) is 5.41 Å². The third-order valence-electron chi connectivity index (χ3n) is 4.36. The molecule has 5 nitrogen and oxygen atoms in total. The van der Waals surface area contributed by atoms with Crippen LogP contribution in [-0.2, 0) is 9.53 Å². The molecule has 1 aromatic heterocycles. The van der Waals surface area contributed by atoms with Gasteiger partial charge in [0, 0.05) is 18.3 Å². The molecule has 0 radical (unpaired) electrons. The molecule has 1 amide bonds. The van der Waals surface area contributed by atoms with Gasteiger partial charge in [0.15, 0.2) is 0 Å². The molecular weight excluding hydrogens is 254 g/mol. The molecule has 0 bridgehead atoms. The zero-order valence-corrected chi connectivity index (χ0v) is 11.8. The van der Waals surface area contributed by atoms with E-state index in [0.29, 0.717) is 19.7 Å². The number of hydrogen-bond donors (Lipinski definition) is 1. The molecule has 1 N–H and O–H groups in total. The minimum Gasteiger partial charge on any atom is -0.370 e. The molecule has 0 aromatic carbocycles. The first-order valence-corrected chi connectivity index (χ1v) is 7.24. The van der Waals surface area contributed by atoms with Crippen LogP contribution in [-0.4, -0.2) is 40.7 Å². The lowest BCUT2D eigenvalue weighted by Crippen LogP contribution is -2.48. The Morgan fingerprint density at radius 1 is 1.55 bits per heavy atom. The van der Waals surface area contributed by atoms with Crippen LogP contribution in [0, 0.1) is 5.41 Å². The molecule has 5 heteroatoms. The van der Waals surface area contributed by atoms with Crippen LogP contribution in [0.4, 0.5) is 0 Å². The number of morpholine rings is 1. The lowest BCUT2D eigenvalue weighted by Gasteiger charge is -2.39. The summed E-state index contributed by atoms with van der Waals surface area (Å²) in [5.74, 6) is 0.263. The summed E-state index contributed by atoms with van der Waals surface area (Å²) < 4.78 is 5.76. The van der Waals surface area contributed by atoms with E-state index in [1.807, 2.05) is 11.1 Å². The molecule has 0 saturated carbocycles. The van der Waals surface area contributed by atoms with Crippen molar-refractivity contribution in [2.75, 3.05) is 19.7 Å². The highest BCUT2D eigenvalue weighted by Crippen LogP contribution is 2.35. The molecule has 1 aliphatic heterocycles. The van der Waals surface area contributed by atoms with Crippen molar-refractivity contribution in [3.63, 3.8) is 0 Å². The standard InChI is InChI=1S/C15H21N3O2/c1-15(5-3-2-4-6-15)14(19)18-7-8-20-13(11-18)12-9-16-17-10-12/h2-3,9-10,13H,4-8,11H2,1H3,(H,16,17). The van der Waals surface area contributed by atoms with Crippen LogP contribution in [0.2, 0.25) is 0 Å². The predicted molar refractivity (Wildman–Crippen MR) is 75.0 cm³/mol. The van der Waals surface area contributed by atoms with Gasteiger partial charge < -0.3 is 9.64 Å². The van der Waals surface area contributed by atoms with Gasteiger partial charge in [0.2, 0.25) is 5.91 Å². The summed E-state index contributed by atoms with van der Waals surface area (Å²) >= 11 is 0. The van der Waals surface area contributed by atoms with Crippen LogP contribution in [0.1, 0.15) is 37.9 Å². The number of aromatic amines is 1. The van der Waals surface area contributed by atoms with Gasteiger partial charge in [-0.2, -0.15) is 5.10 Å². The zero-order chi connectivity index (χ0) is 14.0. The molecule has 20 heavy (non-hydrogen) atoms. The van der Waals surface area contributed by atoms with Crippen molar-refractivity contribution >= 4 is 5.91 Å². The smallest absolute Gasteiger partial charge is 0.229 e. The molecule has 2 heterocycles. The number of rotatable bonds is 2. The Labute approximate surface area is 119 Å². The van der Waals surface area contributed by atoms with Crippen molar-refractivity contribution < 1.29 is 9.53 Å². The van der Waals surface area contributed by atoms with Gasteiger partial charge in [-0.15, -0.1) is 0 Å². The van der Waals surface area contributed by atoms with Gasteiger partial charge in [-0.25, -0.2) is 0 Å². The highest BCUT2D eigenvalue weighted by Gasteiger charge is 2.38. The topological polar surface area (TPSA) is 58.2 Å². The van der Waals surface area contributed by atoms with Gasteiger partial charge in [0.05, 0.1) is 24.8 Å².